The zero-order valence-corrected chi connectivity index (χ0v) is 14.2. The molecule has 4 heteroatoms. The van der Waals surface area contributed by atoms with Crippen molar-refractivity contribution in [3.8, 4) is 5.75 Å². The highest BCUT2D eigenvalue weighted by Gasteiger charge is 2.30. The zero-order chi connectivity index (χ0) is 18.0. The molecule has 0 spiro atoms. The van der Waals surface area contributed by atoms with E-state index in [2.05, 4.69) is 48.9 Å². The van der Waals surface area contributed by atoms with E-state index in [1.807, 2.05) is 0 Å². The lowest BCUT2D eigenvalue weighted by molar-refractivity contribution is -0.274. The highest BCUT2D eigenvalue weighted by molar-refractivity contribution is 5.87. The molecule has 3 aromatic rings. The minimum absolute atomic E-state index is 0.187. The number of ether oxygens (including phenoxy) is 1. The number of fused-ring (bicyclic) bond motifs is 1. The summed E-state index contributed by atoms with van der Waals surface area (Å²) in [5, 5.41) is 2.46. The van der Waals surface area contributed by atoms with E-state index < -0.39 is 6.36 Å². The Balaban J connectivity index is 1.79. The molecule has 0 bridgehead atoms. The van der Waals surface area contributed by atoms with Gasteiger partial charge in [0.1, 0.15) is 5.75 Å². The van der Waals surface area contributed by atoms with Crippen LogP contribution in [0.3, 0.4) is 0 Å². The first kappa shape index (κ1) is 17.3. The molecule has 0 unspecified atom stereocenters. The van der Waals surface area contributed by atoms with Crippen molar-refractivity contribution in [2.45, 2.75) is 33.1 Å². The Kier molecular flexibility index (Phi) is 4.71. The summed E-state index contributed by atoms with van der Waals surface area (Å²) in [4.78, 5) is 0. The number of halogens is 3. The lowest BCUT2D eigenvalue weighted by atomic mass is 9.93. The third-order valence-electron chi connectivity index (χ3n) is 4.34. The van der Waals surface area contributed by atoms with Gasteiger partial charge >= 0.3 is 6.36 Å². The molecule has 0 N–H and O–H groups in total. The number of hydrogen-bond acceptors (Lipinski definition) is 1. The maximum absolute atomic E-state index is 12.2. The standard InChI is InChI=1S/C21H19F3O/c1-14-3-8-17-9-4-15(2)19(20(17)13-14)12-7-16-5-10-18(11-6-16)25-21(22,23)24/h3-6,8-11,13H,7,12H2,1-2H3. The quantitative estimate of drug-likeness (QED) is 0.552. The molecule has 25 heavy (non-hydrogen) atoms. The maximum atomic E-state index is 12.2. The van der Waals surface area contributed by atoms with Gasteiger partial charge in [0, 0.05) is 0 Å². The van der Waals surface area contributed by atoms with E-state index >= 15 is 0 Å². The van der Waals surface area contributed by atoms with Gasteiger partial charge in [0.05, 0.1) is 0 Å². The molecule has 0 aliphatic rings. The van der Waals surface area contributed by atoms with Crippen molar-refractivity contribution >= 4 is 10.8 Å². The van der Waals surface area contributed by atoms with E-state index in [0.717, 1.165) is 18.4 Å². The Labute approximate surface area is 145 Å². The number of aryl methyl sites for hydroxylation is 4. The molecule has 1 nitrogen and oxygen atoms in total. The molecular weight excluding hydrogens is 325 g/mol. The van der Waals surface area contributed by atoms with Crippen molar-refractivity contribution in [2.75, 3.05) is 0 Å². The largest absolute Gasteiger partial charge is 0.573 e. The Bertz CT molecular complexity index is 875. The molecular formula is C21H19F3O. The summed E-state index contributed by atoms with van der Waals surface area (Å²) in [6.45, 7) is 4.17. The van der Waals surface area contributed by atoms with Gasteiger partial charge in [-0.3, -0.25) is 0 Å². The second-order valence-corrected chi connectivity index (χ2v) is 6.28. The first-order chi connectivity index (χ1) is 11.8. The van der Waals surface area contributed by atoms with Crippen LogP contribution in [0.2, 0.25) is 0 Å². The third kappa shape index (κ3) is 4.32. The second-order valence-electron chi connectivity index (χ2n) is 6.28. The van der Waals surface area contributed by atoms with Crippen LogP contribution in [0.15, 0.2) is 54.6 Å². The van der Waals surface area contributed by atoms with Gasteiger partial charge in [0.15, 0.2) is 0 Å². The first-order valence-electron chi connectivity index (χ1n) is 8.15. The molecule has 0 atom stereocenters. The van der Waals surface area contributed by atoms with E-state index in [9.17, 15) is 13.2 Å². The smallest absolute Gasteiger partial charge is 0.406 e. The molecule has 0 radical (unpaired) electrons. The number of benzene rings is 3. The van der Waals surface area contributed by atoms with Gasteiger partial charge in [-0.25, -0.2) is 0 Å². The molecule has 0 aliphatic carbocycles. The molecule has 3 rings (SSSR count). The molecule has 0 heterocycles. The lowest BCUT2D eigenvalue weighted by Gasteiger charge is -2.12. The molecule has 0 aromatic heterocycles. The fraction of sp³-hybridized carbons (Fsp3) is 0.238. The van der Waals surface area contributed by atoms with Crippen LogP contribution in [0, 0.1) is 13.8 Å². The maximum Gasteiger partial charge on any atom is 0.573 e. The first-order valence-corrected chi connectivity index (χ1v) is 8.15. The van der Waals surface area contributed by atoms with Gasteiger partial charge in [0.2, 0.25) is 0 Å². The minimum atomic E-state index is -4.65. The van der Waals surface area contributed by atoms with Crippen molar-refractivity contribution in [1.82, 2.24) is 0 Å². The SMILES string of the molecule is Cc1ccc2ccc(C)c(CCc3ccc(OC(F)(F)F)cc3)c2c1. The Morgan fingerprint density at radius 1 is 0.840 bits per heavy atom. The van der Waals surface area contributed by atoms with E-state index in [4.69, 9.17) is 0 Å². The van der Waals surface area contributed by atoms with Gasteiger partial charge < -0.3 is 4.74 Å². The van der Waals surface area contributed by atoms with Crippen LogP contribution in [0.1, 0.15) is 22.3 Å². The Morgan fingerprint density at radius 2 is 1.52 bits per heavy atom. The van der Waals surface area contributed by atoms with Gasteiger partial charge in [-0.2, -0.15) is 0 Å². The predicted molar refractivity (Wildman–Crippen MR) is 94.0 cm³/mol. The van der Waals surface area contributed by atoms with Crippen LogP contribution in [0.4, 0.5) is 13.2 Å². The summed E-state index contributed by atoms with van der Waals surface area (Å²) < 4.78 is 40.6. The average Bonchev–Trinajstić information content (AvgIpc) is 2.54. The number of alkyl halides is 3. The molecule has 0 amide bonds. The fourth-order valence-corrected chi connectivity index (χ4v) is 3.06. The summed E-state index contributed by atoms with van der Waals surface area (Å²) in [5.41, 5.74) is 4.72. The number of rotatable bonds is 4. The summed E-state index contributed by atoms with van der Waals surface area (Å²) in [6.07, 6.45) is -3.05. The van der Waals surface area contributed by atoms with Crippen molar-refractivity contribution < 1.29 is 17.9 Å². The third-order valence-corrected chi connectivity index (χ3v) is 4.34. The summed E-state index contributed by atoms with van der Waals surface area (Å²) in [6, 6.07) is 16.8. The molecule has 0 saturated heterocycles. The van der Waals surface area contributed by atoms with Gasteiger partial charge in [0.25, 0.3) is 0 Å². The van der Waals surface area contributed by atoms with Crippen LogP contribution < -0.4 is 4.74 Å². The Morgan fingerprint density at radius 3 is 2.20 bits per heavy atom. The molecule has 0 aliphatic heterocycles. The second kappa shape index (κ2) is 6.79. The predicted octanol–water partition coefficient (Wildman–Crippen LogP) is 6.14. The van der Waals surface area contributed by atoms with Crippen molar-refractivity contribution in [3.63, 3.8) is 0 Å². The highest BCUT2D eigenvalue weighted by atomic mass is 19.4. The van der Waals surface area contributed by atoms with E-state index in [0.29, 0.717) is 0 Å². The average molecular weight is 344 g/mol. The van der Waals surface area contributed by atoms with Crippen molar-refractivity contribution in [1.29, 1.82) is 0 Å². The molecule has 130 valence electrons. The molecule has 0 fully saturated rings. The number of hydrogen-bond donors (Lipinski definition) is 0. The normalized spacial score (nSPS) is 11.7. The van der Waals surface area contributed by atoms with Crippen molar-refractivity contribution in [2.24, 2.45) is 0 Å². The minimum Gasteiger partial charge on any atom is -0.406 e. The summed E-state index contributed by atoms with van der Waals surface area (Å²) in [5.74, 6) is -0.187. The van der Waals surface area contributed by atoms with Crippen LogP contribution in [0.25, 0.3) is 10.8 Å². The highest BCUT2D eigenvalue weighted by Crippen LogP contribution is 2.26. The van der Waals surface area contributed by atoms with Gasteiger partial charge in [-0.05, 0) is 66.3 Å². The lowest BCUT2D eigenvalue weighted by Crippen LogP contribution is -2.17. The topological polar surface area (TPSA) is 9.23 Å². The summed E-state index contributed by atoms with van der Waals surface area (Å²) in [7, 11) is 0. The molecule has 0 saturated carbocycles. The Hall–Kier alpha value is -2.49. The monoisotopic (exact) mass is 344 g/mol. The fourth-order valence-electron chi connectivity index (χ4n) is 3.06. The van der Waals surface area contributed by atoms with Crippen LogP contribution in [-0.4, -0.2) is 6.36 Å². The van der Waals surface area contributed by atoms with Gasteiger partial charge in [-0.15, -0.1) is 13.2 Å². The summed E-state index contributed by atoms with van der Waals surface area (Å²) >= 11 is 0. The van der Waals surface area contributed by atoms with E-state index in [1.165, 1.54) is 39.6 Å². The van der Waals surface area contributed by atoms with E-state index in [-0.39, 0.29) is 5.75 Å². The van der Waals surface area contributed by atoms with Crippen LogP contribution in [-0.2, 0) is 12.8 Å². The zero-order valence-electron chi connectivity index (χ0n) is 14.2. The van der Waals surface area contributed by atoms with E-state index in [1.54, 1.807) is 12.1 Å². The van der Waals surface area contributed by atoms with Crippen molar-refractivity contribution in [3.05, 3.63) is 76.9 Å². The van der Waals surface area contributed by atoms with Gasteiger partial charge in [-0.1, -0.05) is 48.0 Å². The molecule has 3 aromatic carbocycles. The van der Waals surface area contributed by atoms with Crippen LogP contribution in [0.5, 0.6) is 5.75 Å². The van der Waals surface area contributed by atoms with Crippen LogP contribution >= 0.6 is 0 Å².